The number of oxazole rings is 1. The average Bonchev–Trinajstić information content (AvgIpc) is 3.37. The number of carbonyl (C=O) groups is 3. The van der Waals surface area contributed by atoms with Gasteiger partial charge in [0.25, 0.3) is 5.91 Å². The largest absolute Gasteiger partial charge is 0.444 e. The van der Waals surface area contributed by atoms with Gasteiger partial charge in [0, 0.05) is 22.9 Å². The van der Waals surface area contributed by atoms with Crippen molar-refractivity contribution in [2.24, 2.45) is 0 Å². The summed E-state index contributed by atoms with van der Waals surface area (Å²) in [7, 11) is 0. The van der Waals surface area contributed by atoms with Gasteiger partial charge in [-0.1, -0.05) is 30.3 Å². The fourth-order valence-corrected chi connectivity index (χ4v) is 3.91. The number of carbonyl (C=O) groups excluding carboxylic acids is 3. The molecular formula is C23H20N4O4. The molecule has 0 radical (unpaired) electrons. The highest BCUT2D eigenvalue weighted by molar-refractivity contribution is 6.05. The number of hydrogen-bond donors (Lipinski definition) is 2. The highest BCUT2D eigenvalue weighted by atomic mass is 16.3. The molecule has 1 fully saturated rings. The molecule has 1 saturated carbocycles. The third-order valence-corrected chi connectivity index (χ3v) is 5.47. The van der Waals surface area contributed by atoms with Gasteiger partial charge in [0.1, 0.15) is 6.04 Å². The third kappa shape index (κ3) is 3.68. The summed E-state index contributed by atoms with van der Waals surface area (Å²) in [4.78, 5) is 43.7. The van der Waals surface area contributed by atoms with E-state index >= 15 is 0 Å². The van der Waals surface area contributed by atoms with Gasteiger partial charge in [-0.05, 0) is 36.6 Å². The lowest BCUT2D eigenvalue weighted by Crippen LogP contribution is -2.42. The van der Waals surface area contributed by atoms with Crippen LogP contribution in [0.25, 0.3) is 11.3 Å². The molecule has 31 heavy (non-hydrogen) atoms. The van der Waals surface area contributed by atoms with Gasteiger partial charge in [0.15, 0.2) is 12.2 Å². The molecule has 1 aromatic heterocycles. The maximum absolute atomic E-state index is 13.0. The second kappa shape index (κ2) is 7.71. The molecule has 0 spiro atoms. The van der Waals surface area contributed by atoms with Crippen molar-refractivity contribution < 1.29 is 18.8 Å². The Labute approximate surface area is 178 Å². The van der Waals surface area contributed by atoms with Crippen molar-refractivity contribution in [1.29, 1.82) is 0 Å². The normalized spacial score (nSPS) is 17.4. The van der Waals surface area contributed by atoms with Crippen molar-refractivity contribution in [1.82, 2.24) is 15.2 Å². The Balaban J connectivity index is 1.25. The summed E-state index contributed by atoms with van der Waals surface area (Å²) in [5.74, 6) is -0.240. The van der Waals surface area contributed by atoms with E-state index in [0.717, 1.165) is 18.4 Å². The van der Waals surface area contributed by atoms with Gasteiger partial charge in [-0.3, -0.25) is 14.4 Å². The highest BCUT2D eigenvalue weighted by Gasteiger charge is 2.47. The molecule has 0 saturated heterocycles. The van der Waals surface area contributed by atoms with Crippen LogP contribution in [0.2, 0.25) is 0 Å². The fourth-order valence-electron chi connectivity index (χ4n) is 3.91. The van der Waals surface area contributed by atoms with E-state index in [1.54, 1.807) is 47.5 Å². The van der Waals surface area contributed by atoms with E-state index in [1.165, 1.54) is 6.39 Å². The van der Waals surface area contributed by atoms with Crippen molar-refractivity contribution in [3.05, 3.63) is 72.2 Å². The second-order valence-electron chi connectivity index (χ2n) is 7.65. The number of fused-ring (bicyclic) bond motifs is 1. The molecule has 2 aliphatic rings. The molecule has 2 heterocycles. The van der Waals surface area contributed by atoms with E-state index in [2.05, 4.69) is 15.6 Å². The minimum atomic E-state index is -0.696. The van der Waals surface area contributed by atoms with Crippen LogP contribution >= 0.6 is 0 Å². The molecule has 1 aliphatic heterocycles. The molecule has 1 aliphatic carbocycles. The maximum atomic E-state index is 13.0. The first-order chi connectivity index (χ1) is 15.1. The van der Waals surface area contributed by atoms with E-state index in [9.17, 15) is 14.4 Å². The number of nitrogens with zero attached hydrogens (tertiary/aromatic N) is 2. The van der Waals surface area contributed by atoms with E-state index in [0.29, 0.717) is 22.6 Å². The van der Waals surface area contributed by atoms with Crippen LogP contribution in [0, 0.1) is 0 Å². The SMILES string of the molecule is O=C(CNC(=O)C1c2ccccc2C(=O)N1C1CC1)Nc1cccc(-c2cnco2)c1. The van der Waals surface area contributed by atoms with Crippen LogP contribution < -0.4 is 10.6 Å². The van der Waals surface area contributed by atoms with Crippen molar-refractivity contribution in [3.63, 3.8) is 0 Å². The van der Waals surface area contributed by atoms with Gasteiger partial charge in [0.05, 0.1) is 12.7 Å². The number of rotatable bonds is 6. The van der Waals surface area contributed by atoms with Crippen molar-refractivity contribution in [3.8, 4) is 11.3 Å². The summed E-state index contributed by atoms with van der Waals surface area (Å²) >= 11 is 0. The number of benzene rings is 2. The molecule has 1 unspecified atom stereocenters. The molecule has 1 atom stereocenters. The van der Waals surface area contributed by atoms with Gasteiger partial charge in [-0.25, -0.2) is 4.98 Å². The molecule has 8 nitrogen and oxygen atoms in total. The van der Waals surface area contributed by atoms with Gasteiger partial charge < -0.3 is 20.0 Å². The fraction of sp³-hybridized carbons (Fsp3) is 0.217. The van der Waals surface area contributed by atoms with Gasteiger partial charge in [0.2, 0.25) is 11.8 Å². The monoisotopic (exact) mass is 416 g/mol. The van der Waals surface area contributed by atoms with Gasteiger partial charge >= 0.3 is 0 Å². The van der Waals surface area contributed by atoms with Crippen LogP contribution in [-0.2, 0) is 9.59 Å². The van der Waals surface area contributed by atoms with Crippen LogP contribution in [0.1, 0.15) is 34.8 Å². The number of aromatic nitrogens is 1. The highest BCUT2D eigenvalue weighted by Crippen LogP contribution is 2.41. The molecular weight excluding hydrogens is 396 g/mol. The lowest BCUT2D eigenvalue weighted by molar-refractivity contribution is -0.127. The van der Waals surface area contributed by atoms with Crippen LogP contribution in [-0.4, -0.2) is 40.2 Å². The number of nitrogens with one attached hydrogen (secondary N) is 2. The number of hydrogen-bond acceptors (Lipinski definition) is 5. The predicted molar refractivity (Wildman–Crippen MR) is 112 cm³/mol. The zero-order valence-corrected chi connectivity index (χ0v) is 16.6. The van der Waals surface area contributed by atoms with E-state index in [-0.39, 0.29) is 30.3 Å². The van der Waals surface area contributed by atoms with Crippen LogP contribution in [0.15, 0.2) is 65.5 Å². The number of amides is 3. The third-order valence-electron chi connectivity index (χ3n) is 5.47. The molecule has 5 rings (SSSR count). The minimum Gasteiger partial charge on any atom is -0.444 e. The summed E-state index contributed by atoms with van der Waals surface area (Å²) in [6.45, 7) is -0.198. The second-order valence-corrected chi connectivity index (χ2v) is 7.65. The zero-order chi connectivity index (χ0) is 21.4. The van der Waals surface area contributed by atoms with E-state index in [1.807, 2.05) is 12.1 Å². The first-order valence-corrected chi connectivity index (χ1v) is 10.1. The molecule has 0 bridgehead atoms. The van der Waals surface area contributed by atoms with E-state index in [4.69, 9.17) is 4.42 Å². The predicted octanol–water partition coefficient (Wildman–Crippen LogP) is 2.76. The van der Waals surface area contributed by atoms with Crippen LogP contribution in [0.4, 0.5) is 5.69 Å². The first-order valence-electron chi connectivity index (χ1n) is 10.1. The van der Waals surface area contributed by atoms with Gasteiger partial charge in [-0.15, -0.1) is 0 Å². The maximum Gasteiger partial charge on any atom is 0.255 e. The lowest BCUT2D eigenvalue weighted by atomic mass is 10.0. The smallest absolute Gasteiger partial charge is 0.255 e. The Hall–Kier alpha value is -3.94. The Morgan fingerprint density at radius 1 is 1.13 bits per heavy atom. The molecule has 3 aromatic rings. The van der Waals surface area contributed by atoms with Crippen LogP contribution in [0.3, 0.4) is 0 Å². The molecule has 156 valence electrons. The molecule has 3 amide bonds. The summed E-state index contributed by atoms with van der Waals surface area (Å²) in [6, 6.07) is 13.7. The summed E-state index contributed by atoms with van der Waals surface area (Å²) in [5.41, 5.74) is 2.61. The van der Waals surface area contributed by atoms with Crippen molar-refractivity contribution in [2.75, 3.05) is 11.9 Å². The van der Waals surface area contributed by atoms with Crippen molar-refractivity contribution in [2.45, 2.75) is 24.9 Å². The quantitative estimate of drug-likeness (QED) is 0.643. The molecule has 8 heteroatoms. The Morgan fingerprint density at radius 3 is 2.74 bits per heavy atom. The van der Waals surface area contributed by atoms with Crippen LogP contribution in [0.5, 0.6) is 0 Å². The average molecular weight is 416 g/mol. The van der Waals surface area contributed by atoms with Gasteiger partial charge in [-0.2, -0.15) is 0 Å². The van der Waals surface area contributed by atoms with Crippen molar-refractivity contribution >= 4 is 23.4 Å². The number of anilines is 1. The molecule has 2 aromatic carbocycles. The van der Waals surface area contributed by atoms with E-state index < -0.39 is 6.04 Å². The summed E-state index contributed by atoms with van der Waals surface area (Å²) < 4.78 is 5.27. The summed E-state index contributed by atoms with van der Waals surface area (Å²) in [5, 5.41) is 5.46. The molecule has 2 N–H and O–H groups in total. The standard InChI is InChI=1S/C23H20N4O4/c28-20(26-15-5-3-4-14(10-15)19-11-24-13-31-19)12-25-22(29)21-17-6-1-2-7-18(17)23(30)27(21)16-8-9-16/h1-7,10-11,13,16,21H,8-9,12H2,(H,25,29)(H,26,28). The Morgan fingerprint density at radius 2 is 1.97 bits per heavy atom. The lowest BCUT2D eigenvalue weighted by Gasteiger charge is -2.24. The first kappa shape index (κ1) is 19.0. The zero-order valence-electron chi connectivity index (χ0n) is 16.6. The minimum absolute atomic E-state index is 0.0864. The Kier molecular flexibility index (Phi) is 4.74. The Bertz CT molecular complexity index is 1150. The topological polar surface area (TPSA) is 105 Å². The summed E-state index contributed by atoms with van der Waals surface area (Å²) in [6.07, 6.45) is 4.72.